The van der Waals surface area contributed by atoms with E-state index < -0.39 is 5.97 Å². The molecule has 0 aromatic heterocycles. The van der Waals surface area contributed by atoms with Crippen LogP contribution in [-0.4, -0.2) is 25.0 Å². The molecule has 0 saturated heterocycles. The number of benzene rings is 2. The third-order valence-electron chi connectivity index (χ3n) is 4.04. The molecule has 1 aliphatic rings. The molecule has 1 aliphatic carbocycles. The first-order chi connectivity index (χ1) is 11.7. The second-order valence-electron chi connectivity index (χ2n) is 5.81. The zero-order valence-corrected chi connectivity index (χ0v) is 13.6. The highest BCUT2D eigenvalue weighted by Gasteiger charge is 2.32. The van der Waals surface area contributed by atoms with Crippen molar-refractivity contribution in [2.45, 2.75) is 12.8 Å². The number of hydrogen-bond donors (Lipinski definition) is 1. The van der Waals surface area contributed by atoms with Crippen LogP contribution < -0.4 is 4.74 Å². The van der Waals surface area contributed by atoms with Crippen LogP contribution in [0.2, 0.25) is 0 Å². The zero-order valence-electron chi connectivity index (χ0n) is 13.6. The Morgan fingerprint density at radius 1 is 1.04 bits per heavy atom. The minimum atomic E-state index is -0.886. The minimum Gasteiger partial charge on any atom is -0.478 e. The van der Waals surface area contributed by atoms with Crippen LogP contribution in [0.1, 0.15) is 24.0 Å². The van der Waals surface area contributed by atoms with Gasteiger partial charge in [-0.15, -0.1) is 0 Å². The summed E-state index contributed by atoms with van der Waals surface area (Å²) in [7, 11) is 1.57. The van der Waals surface area contributed by atoms with Crippen LogP contribution in [-0.2, 0) is 9.53 Å². The Bertz CT molecular complexity index is 728. The first-order valence-corrected chi connectivity index (χ1v) is 7.95. The summed E-state index contributed by atoms with van der Waals surface area (Å²) in [6.07, 6.45) is 2.06. The highest BCUT2D eigenvalue weighted by molar-refractivity contribution is 6.24. The number of rotatable bonds is 7. The highest BCUT2D eigenvalue weighted by atomic mass is 16.7. The van der Waals surface area contributed by atoms with Crippen molar-refractivity contribution in [3.8, 4) is 5.75 Å². The average molecular weight is 324 g/mol. The Labute approximate surface area is 141 Å². The molecule has 0 heterocycles. The predicted molar refractivity (Wildman–Crippen MR) is 92.6 cm³/mol. The van der Waals surface area contributed by atoms with Crippen LogP contribution in [0.5, 0.6) is 5.75 Å². The number of hydrogen-bond acceptors (Lipinski definition) is 3. The van der Waals surface area contributed by atoms with E-state index in [1.807, 2.05) is 54.6 Å². The van der Waals surface area contributed by atoms with Gasteiger partial charge in [0, 0.05) is 7.11 Å². The number of aliphatic carboxylic acids is 1. The van der Waals surface area contributed by atoms with Gasteiger partial charge in [-0.05, 0) is 47.6 Å². The summed E-state index contributed by atoms with van der Waals surface area (Å²) in [5.41, 5.74) is 2.98. The molecule has 0 spiro atoms. The highest BCUT2D eigenvalue weighted by Crippen LogP contribution is 2.46. The molecule has 4 nitrogen and oxygen atoms in total. The normalized spacial score (nSPS) is 14.9. The van der Waals surface area contributed by atoms with E-state index >= 15 is 0 Å². The molecule has 2 aromatic rings. The van der Waals surface area contributed by atoms with E-state index in [0.717, 1.165) is 29.5 Å². The van der Waals surface area contributed by atoms with Crippen molar-refractivity contribution < 1.29 is 19.4 Å². The SMILES string of the molecule is COCOc1ccc(/C(=C(/C(=O)O)c2ccccc2)C2CC2)cc1. The second-order valence-corrected chi connectivity index (χ2v) is 5.81. The Kier molecular flexibility index (Phi) is 4.96. The minimum absolute atomic E-state index is 0.190. The Morgan fingerprint density at radius 3 is 2.25 bits per heavy atom. The molecule has 0 bridgehead atoms. The maximum Gasteiger partial charge on any atom is 0.336 e. The zero-order chi connectivity index (χ0) is 16.9. The first-order valence-electron chi connectivity index (χ1n) is 7.95. The summed E-state index contributed by atoms with van der Waals surface area (Å²) in [6.45, 7) is 0.190. The van der Waals surface area contributed by atoms with E-state index in [1.165, 1.54) is 0 Å². The Hall–Kier alpha value is -2.59. The molecule has 0 radical (unpaired) electrons. The number of allylic oxidation sites excluding steroid dienone is 1. The fourth-order valence-corrected chi connectivity index (χ4v) is 2.81. The van der Waals surface area contributed by atoms with Crippen LogP contribution in [0.15, 0.2) is 54.6 Å². The van der Waals surface area contributed by atoms with Gasteiger partial charge in [-0.25, -0.2) is 4.79 Å². The van der Waals surface area contributed by atoms with Crippen molar-refractivity contribution in [3.63, 3.8) is 0 Å². The van der Waals surface area contributed by atoms with Gasteiger partial charge >= 0.3 is 5.97 Å². The van der Waals surface area contributed by atoms with E-state index in [1.54, 1.807) is 7.11 Å². The molecule has 1 saturated carbocycles. The number of carboxylic acids is 1. The summed E-state index contributed by atoms with van der Waals surface area (Å²) >= 11 is 0. The molecule has 124 valence electrons. The van der Waals surface area contributed by atoms with E-state index in [4.69, 9.17) is 9.47 Å². The summed E-state index contributed by atoms with van der Waals surface area (Å²) in [6, 6.07) is 16.9. The number of carbonyl (C=O) groups is 1. The number of carboxylic acid groups (broad SMARTS) is 1. The topological polar surface area (TPSA) is 55.8 Å². The van der Waals surface area contributed by atoms with Gasteiger partial charge in [0.1, 0.15) is 5.75 Å². The van der Waals surface area contributed by atoms with Crippen LogP contribution in [0.25, 0.3) is 11.1 Å². The van der Waals surface area contributed by atoms with Crippen LogP contribution >= 0.6 is 0 Å². The molecule has 2 aromatic carbocycles. The van der Waals surface area contributed by atoms with Crippen molar-refractivity contribution in [3.05, 3.63) is 65.7 Å². The van der Waals surface area contributed by atoms with Gasteiger partial charge in [-0.1, -0.05) is 42.5 Å². The van der Waals surface area contributed by atoms with Crippen LogP contribution in [0.4, 0.5) is 0 Å². The monoisotopic (exact) mass is 324 g/mol. The van der Waals surface area contributed by atoms with Gasteiger partial charge in [-0.3, -0.25) is 0 Å². The molecule has 0 atom stereocenters. The quantitative estimate of drug-likeness (QED) is 0.474. The maximum atomic E-state index is 12.0. The lowest BCUT2D eigenvalue weighted by atomic mass is 9.91. The number of methoxy groups -OCH3 is 1. The standard InChI is InChI=1S/C20H20O4/c1-23-13-24-17-11-9-16(10-12-17)18(15-7-8-15)19(20(21)22)14-5-3-2-4-6-14/h2-6,9-12,15H,7-8,13H2,1H3,(H,21,22)/b19-18+. The van der Waals surface area contributed by atoms with Crippen LogP contribution in [0.3, 0.4) is 0 Å². The van der Waals surface area contributed by atoms with Gasteiger partial charge in [-0.2, -0.15) is 0 Å². The lowest BCUT2D eigenvalue weighted by Gasteiger charge is -2.14. The van der Waals surface area contributed by atoms with Gasteiger partial charge < -0.3 is 14.6 Å². The molecule has 0 unspecified atom stereocenters. The van der Waals surface area contributed by atoms with Gasteiger partial charge in [0.2, 0.25) is 0 Å². The molecule has 1 fully saturated rings. The van der Waals surface area contributed by atoms with E-state index in [2.05, 4.69) is 0 Å². The lowest BCUT2D eigenvalue weighted by molar-refractivity contribution is -0.130. The van der Waals surface area contributed by atoms with E-state index in [-0.39, 0.29) is 6.79 Å². The fraction of sp³-hybridized carbons (Fsp3) is 0.250. The maximum absolute atomic E-state index is 12.0. The Morgan fingerprint density at radius 2 is 1.71 bits per heavy atom. The predicted octanol–water partition coefficient (Wildman–Crippen LogP) is 4.07. The molecule has 0 aliphatic heterocycles. The largest absolute Gasteiger partial charge is 0.478 e. The third-order valence-corrected chi connectivity index (χ3v) is 4.04. The number of ether oxygens (including phenoxy) is 2. The van der Waals surface area contributed by atoms with E-state index in [9.17, 15) is 9.90 Å². The van der Waals surface area contributed by atoms with Gasteiger partial charge in [0.15, 0.2) is 6.79 Å². The van der Waals surface area contributed by atoms with E-state index in [0.29, 0.717) is 17.2 Å². The summed E-state index contributed by atoms with van der Waals surface area (Å²) in [4.78, 5) is 12.0. The summed E-state index contributed by atoms with van der Waals surface area (Å²) < 4.78 is 10.3. The second kappa shape index (κ2) is 7.32. The molecule has 3 rings (SSSR count). The average Bonchev–Trinajstić information content (AvgIpc) is 3.43. The third kappa shape index (κ3) is 3.66. The Balaban J connectivity index is 2.03. The molecular formula is C20H20O4. The van der Waals surface area contributed by atoms with Gasteiger partial charge in [0.05, 0.1) is 5.57 Å². The lowest BCUT2D eigenvalue weighted by Crippen LogP contribution is -2.05. The molecule has 0 amide bonds. The van der Waals surface area contributed by atoms with Crippen LogP contribution in [0, 0.1) is 5.92 Å². The summed E-state index contributed by atoms with van der Waals surface area (Å²) in [5, 5.41) is 9.81. The first kappa shape index (κ1) is 16.3. The fourth-order valence-electron chi connectivity index (χ4n) is 2.81. The van der Waals surface area contributed by atoms with Crippen molar-refractivity contribution in [2.75, 3.05) is 13.9 Å². The molecule has 1 N–H and O–H groups in total. The van der Waals surface area contributed by atoms with Crippen molar-refractivity contribution >= 4 is 17.1 Å². The van der Waals surface area contributed by atoms with Gasteiger partial charge in [0.25, 0.3) is 0 Å². The van der Waals surface area contributed by atoms with Crippen molar-refractivity contribution in [1.29, 1.82) is 0 Å². The van der Waals surface area contributed by atoms with Crippen molar-refractivity contribution in [2.24, 2.45) is 5.92 Å². The molecule has 4 heteroatoms. The molecular weight excluding hydrogens is 304 g/mol. The smallest absolute Gasteiger partial charge is 0.336 e. The molecule has 24 heavy (non-hydrogen) atoms. The van der Waals surface area contributed by atoms with Crippen molar-refractivity contribution in [1.82, 2.24) is 0 Å². The summed E-state index contributed by atoms with van der Waals surface area (Å²) in [5.74, 6) is 0.122.